The van der Waals surface area contributed by atoms with Crippen LogP contribution < -0.4 is 15.4 Å². The van der Waals surface area contributed by atoms with E-state index in [2.05, 4.69) is 4.98 Å². The summed E-state index contributed by atoms with van der Waals surface area (Å²) in [5.41, 5.74) is 9.51. The molecule has 0 saturated carbocycles. The van der Waals surface area contributed by atoms with Crippen molar-refractivity contribution in [3.8, 4) is 16.9 Å². The molecule has 1 aromatic heterocycles. The molecule has 1 amide bonds. The Balaban J connectivity index is 2.10. The lowest BCUT2D eigenvalue weighted by Crippen LogP contribution is -2.35. The zero-order chi connectivity index (χ0) is 14.1. The first kappa shape index (κ1) is 12.6. The van der Waals surface area contributed by atoms with Gasteiger partial charge in [0.05, 0.1) is 5.69 Å². The fourth-order valence-corrected chi connectivity index (χ4v) is 2.31. The molecular formula is C15H15N3O2. The van der Waals surface area contributed by atoms with Gasteiger partial charge in [-0.3, -0.25) is 9.78 Å². The summed E-state index contributed by atoms with van der Waals surface area (Å²) in [6.45, 7) is 0.512. The van der Waals surface area contributed by atoms with Crippen LogP contribution in [-0.2, 0) is 11.3 Å². The molecule has 0 atom stereocenters. The molecule has 0 aliphatic carbocycles. The Morgan fingerprint density at radius 2 is 2.25 bits per heavy atom. The highest BCUT2D eigenvalue weighted by Crippen LogP contribution is 2.35. The zero-order valence-corrected chi connectivity index (χ0v) is 11.2. The number of nitrogens with two attached hydrogens (primary N) is 1. The van der Waals surface area contributed by atoms with Crippen molar-refractivity contribution in [2.45, 2.75) is 6.54 Å². The fourth-order valence-electron chi connectivity index (χ4n) is 2.31. The molecule has 2 aromatic rings. The lowest BCUT2D eigenvalue weighted by atomic mass is 10.0. The van der Waals surface area contributed by atoms with Crippen LogP contribution in [0.2, 0.25) is 0 Å². The van der Waals surface area contributed by atoms with E-state index in [9.17, 15) is 4.79 Å². The third-order valence-electron chi connectivity index (χ3n) is 3.48. The predicted molar refractivity (Wildman–Crippen MR) is 76.5 cm³/mol. The lowest BCUT2D eigenvalue weighted by molar-refractivity contribution is -0.120. The number of hydrogen-bond donors (Lipinski definition) is 1. The Bertz CT molecular complexity index is 670. The molecule has 0 radical (unpaired) electrons. The third-order valence-corrected chi connectivity index (χ3v) is 3.48. The molecular weight excluding hydrogens is 254 g/mol. The summed E-state index contributed by atoms with van der Waals surface area (Å²) in [5, 5.41) is 0. The van der Waals surface area contributed by atoms with Gasteiger partial charge in [-0.1, -0.05) is 6.07 Å². The molecule has 0 bridgehead atoms. The second-order valence-corrected chi connectivity index (χ2v) is 4.66. The van der Waals surface area contributed by atoms with E-state index < -0.39 is 0 Å². The molecule has 20 heavy (non-hydrogen) atoms. The maximum Gasteiger partial charge on any atom is 0.264 e. The van der Waals surface area contributed by atoms with E-state index in [-0.39, 0.29) is 12.5 Å². The number of aromatic nitrogens is 1. The topological polar surface area (TPSA) is 68.5 Å². The van der Waals surface area contributed by atoms with E-state index in [4.69, 9.17) is 10.5 Å². The number of carbonyl (C=O) groups excluding carboxylic acids is 1. The molecule has 3 rings (SSSR count). The molecule has 5 nitrogen and oxygen atoms in total. The normalized spacial score (nSPS) is 13.9. The molecule has 2 heterocycles. The summed E-state index contributed by atoms with van der Waals surface area (Å²) in [5.74, 6) is 0.669. The molecule has 1 aliphatic heterocycles. The minimum absolute atomic E-state index is 0.0524. The fraction of sp³-hybridized carbons (Fsp3) is 0.200. The van der Waals surface area contributed by atoms with Gasteiger partial charge in [-0.05, 0) is 34.9 Å². The Labute approximate surface area is 117 Å². The Morgan fingerprint density at radius 3 is 3.05 bits per heavy atom. The molecule has 102 valence electrons. The lowest BCUT2D eigenvalue weighted by Gasteiger charge is -2.26. The number of rotatable bonds is 2. The van der Waals surface area contributed by atoms with Gasteiger partial charge in [-0.15, -0.1) is 0 Å². The van der Waals surface area contributed by atoms with E-state index in [1.807, 2.05) is 24.3 Å². The van der Waals surface area contributed by atoms with E-state index in [0.717, 1.165) is 28.1 Å². The second kappa shape index (κ2) is 4.94. The van der Waals surface area contributed by atoms with Crippen molar-refractivity contribution in [2.75, 3.05) is 18.6 Å². The summed E-state index contributed by atoms with van der Waals surface area (Å²) in [7, 11) is 1.75. The Morgan fingerprint density at radius 1 is 1.40 bits per heavy atom. The van der Waals surface area contributed by atoms with Crippen LogP contribution in [0.5, 0.6) is 5.75 Å². The van der Waals surface area contributed by atoms with E-state index in [1.54, 1.807) is 24.3 Å². The maximum absolute atomic E-state index is 11.7. The molecule has 1 aliphatic rings. The number of nitrogens with zero attached hydrogens (tertiary/aromatic N) is 2. The van der Waals surface area contributed by atoms with Crippen LogP contribution in [0.25, 0.3) is 11.1 Å². The summed E-state index contributed by atoms with van der Waals surface area (Å²) in [6, 6.07) is 7.72. The number of ether oxygens (including phenoxy) is 1. The van der Waals surface area contributed by atoms with Crippen LogP contribution in [0.4, 0.5) is 5.69 Å². The van der Waals surface area contributed by atoms with E-state index >= 15 is 0 Å². The van der Waals surface area contributed by atoms with Crippen molar-refractivity contribution in [1.29, 1.82) is 0 Å². The number of amides is 1. The van der Waals surface area contributed by atoms with Crippen molar-refractivity contribution in [2.24, 2.45) is 5.73 Å². The molecule has 0 fully saturated rings. The van der Waals surface area contributed by atoms with Crippen LogP contribution in [0.1, 0.15) is 5.56 Å². The van der Waals surface area contributed by atoms with Crippen LogP contribution in [0.3, 0.4) is 0 Å². The van der Waals surface area contributed by atoms with Gasteiger partial charge >= 0.3 is 0 Å². The molecule has 0 unspecified atom stereocenters. The highest BCUT2D eigenvalue weighted by atomic mass is 16.5. The van der Waals surface area contributed by atoms with Crippen LogP contribution in [-0.4, -0.2) is 24.5 Å². The zero-order valence-electron chi connectivity index (χ0n) is 11.2. The molecule has 5 heteroatoms. The van der Waals surface area contributed by atoms with Crippen LogP contribution >= 0.6 is 0 Å². The SMILES string of the molecule is CN1C(=O)COc2ccc(-c3ccncc3CN)cc21. The van der Waals surface area contributed by atoms with Crippen molar-refractivity contribution in [3.63, 3.8) is 0 Å². The quantitative estimate of drug-likeness (QED) is 0.898. The van der Waals surface area contributed by atoms with Crippen LogP contribution in [0.15, 0.2) is 36.7 Å². The van der Waals surface area contributed by atoms with Gasteiger partial charge in [-0.25, -0.2) is 0 Å². The standard InChI is InChI=1S/C15H15N3O2/c1-18-13-6-10(2-3-14(13)20-9-15(18)19)12-4-5-17-8-11(12)7-16/h2-6,8H,7,9,16H2,1H3. The largest absolute Gasteiger partial charge is 0.482 e. The molecule has 0 saturated heterocycles. The van der Waals surface area contributed by atoms with E-state index in [0.29, 0.717) is 6.54 Å². The number of fused-ring (bicyclic) bond motifs is 1. The first-order chi connectivity index (χ1) is 9.70. The summed E-state index contributed by atoms with van der Waals surface area (Å²) in [6.07, 6.45) is 3.50. The summed E-state index contributed by atoms with van der Waals surface area (Å²) < 4.78 is 5.43. The van der Waals surface area contributed by atoms with E-state index in [1.165, 1.54) is 0 Å². The summed E-state index contributed by atoms with van der Waals surface area (Å²) in [4.78, 5) is 17.4. The number of hydrogen-bond acceptors (Lipinski definition) is 4. The van der Waals surface area contributed by atoms with Crippen molar-refractivity contribution in [3.05, 3.63) is 42.2 Å². The highest BCUT2D eigenvalue weighted by Gasteiger charge is 2.22. The van der Waals surface area contributed by atoms with Gasteiger partial charge in [0, 0.05) is 26.0 Å². The van der Waals surface area contributed by atoms with Crippen molar-refractivity contribution >= 4 is 11.6 Å². The van der Waals surface area contributed by atoms with Crippen LogP contribution in [0, 0.1) is 0 Å². The first-order valence-electron chi connectivity index (χ1n) is 6.37. The Kier molecular flexibility index (Phi) is 3.12. The molecule has 2 N–H and O–H groups in total. The minimum atomic E-state index is -0.0524. The number of anilines is 1. The van der Waals surface area contributed by atoms with Gasteiger partial charge in [0.15, 0.2) is 6.61 Å². The van der Waals surface area contributed by atoms with Gasteiger partial charge in [0.1, 0.15) is 5.75 Å². The van der Waals surface area contributed by atoms with Gasteiger partial charge in [0.2, 0.25) is 0 Å². The third kappa shape index (κ3) is 2.02. The monoisotopic (exact) mass is 269 g/mol. The average molecular weight is 269 g/mol. The minimum Gasteiger partial charge on any atom is -0.482 e. The average Bonchev–Trinajstić information content (AvgIpc) is 2.51. The predicted octanol–water partition coefficient (Wildman–Crippen LogP) is 1.56. The van der Waals surface area contributed by atoms with Gasteiger partial charge < -0.3 is 15.4 Å². The number of likely N-dealkylation sites (N-methyl/N-ethyl adjacent to an activating group) is 1. The maximum atomic E-state index is 11.7. The van der Waals surface area contributed by atoms with Crippen molar-refractivity contribution in [1.82, 2.24) is 4.98 Å². The molecule has 0 spiro atoms. The van der Waals surface area contributed by atoms with Crippen molar-refractivity contribution < 1.29 is 9.53 Å². The number of carbonyl (C=O) groups is 1. The number of pyridine rings is 1. The Hall–Kier alpha value is -2.40. The first-order valence-corrected chi connectivity index (χ1v) is 6.37. The second-order valence-electron chi connectivity index (χ2n) is 4.66. The summed E-state index contributed by atoms with van der Waals surface area (Å²) >= 11 is 0. The van der Waals surface area contributed by atoms with Gasteiger partial charge in [0.25, 0.3) is 5.91 Å². The molecule has 1 aromatic carbocycles. The number of benzene rings is 1. The van der Waals surface area contributed by atoms with Gasteiger partial charge in [-0.2, -0.15) is 0 Å². The smallest absolute Gasteiger partial charge is 0.264 e. The highest BCUT2D eigenvalue weighted by molar-refractivity contribution is 5.98.